The number of para-hydroxylation sites is 3. The number of pyridine rings is 3. The van der Waals surface area contributed by atoms with Crippen molar-refractivity contribution in [3.8, 4) is 22.5 Å². The molecule has 0 radical (unpaired) electrons. The molecule has 0 aliphatic heterocycles. The molecule has 0 bridgehead atoms. The molecular weight excluding hydrogens is 621 g/mol. The molecule has 0 fully saturated rings. The first kappa shape index (κ1) is 29.0. The Bertz CT molecular complexity index is 2860. The maximum absolute atomic E-state index is 5.52. The third kappa shape index (κ3) is 4.88. The molecule has 0 saturated heterocycles. The Hall–Kier alpha value is -6.91. The van der Waals surface area contributed by atoms with Crippen molar-refractivity contribution in [1.29, 1.82) is 0 Å². The van der Waals surface area contributed by atoms with Crippen LogP contribution in [0.1, 0.15) is 0 Å². The molecule has 10 aromatic rings. The van der Waals surface area contributed by atoms with E-state index in [4.69, 9.17) is 15.0 Å². The van der Waals surface area contributed by atoms with Crippen LogP contribution in [0.15, 0.2) is 182 Å². The van der Waals surface area contributed by atoms with Crippen LogP contribution < -0.4 is 4.90 Å². The van der Waals surface area contributed by atoms with Crippen LogP contribution in [0.3, 0.4) is 0 Å². The predicted octanol–water partition coefficient (Wildman–Crippen LogP) is 12.4. The van der Waals surface area contributed by atoms with Crippen LogP contribution in [0, 0.1) is 0 Å². The molecule has 4 nitrogen and oxygen atoms in total. The molecule has 0 amide bonds. The molecule has 3 heterocycles. The summed E-state index contributed by atoms with van der Waals surface area (Å²) in [5.74, 6) is 0. The van der Waals surface area contributed by atoms with Gasteiger partial charge in [0, 0.05) is 61.3 Å². The highest BCUT2D eigenvalue weighted by molar-refractivity contribution is 6.24. The average Bonchev–Trinajstić information content (AvgIpc) is 3.21. The Kier molecular flexibility index (Phi) is 6.78. The summed E-state index contributed by atoms with van der Waals surface area (Å²) in [6, 6.07) is 61.9. The van der Waals surface area contributed by atoms with Gasteiger partial charge in [0.25, 0.3) is 0 Å². The van der Waals surface area contributed by atoms with E-state index in [0.29, 0.717) is 0 Å². The standard InChI is InChI=1S/C47H30N4/c1-3-13-35(14-4-1)51(36-15-5-2-6-16-36)37-26-22-33(23-27-37)44-41-28-24-31-11-7-8-17-38(31)43(41)40-19-9-18-39(47(40)50-44)42-29-25-34-21-20-32-12-10-30-48-45(32)46(34)49-42/h1-30H. The Morgan fingerprint density at radius 2 is 1.00 bits per heavy atom. The van der Waals surface area contributed by atoms with Gasteiger partial charge in [-0.05, 0) is 59.3 Å². The van der Waals surface area contributed by atoms with Crippen molar-refractivity contribution in [2.75, 3.05) is 4.90 Å². The summed E-state index contributed by atoms with van der Waals surface area (Å²) in [5.41, 5.74) is 9.88. The van der Waals surface area contributed by atoms with Gasteiger partial charge in [0.1, 0.15) is 0 Å². The van der Waals surface area contributed by atoms with E-state index in [-0.39, 0.29) is 0 Å². The van der Waals surface area contributed by atoms with Crippen LogP contribution >= 0.6 is 0 Å². The molecule has 0 saturated carbocycles. The first-order valence-corrected chi connectivity index (χ1v) is 17.2. The summed E-state index contributed by atoms with van der Waals surface area (Å²) >= 11 is 0. The summed E-state index contributed by atoms with van der Waals surface area (Å²) < 4.78 is 0. The van der Waals surface area contributed by atoms with E-state index in [1.165, 1.54) is 16.2 Å². The summed E-state index contributed by atoms with van der Waals surface area (Å²) in [7, 11) is 0. The fraction of sp³-hybridized carbons (Fsp3) is 0. The van der Waals surface area contributed by atoms with Crippen LogP contribution in [0.4, 0.5) is 17.1 Å². The molecular formula is C47H30N4. The summed E-state index contributed by atoms with van der Waals surface area (Å²) in [4.78, 5) is 17.8. The fourth-order valence-electron chi connectivity index (χ4n) is 7.47. The number of aromatic nitrogens is 3. The van der Waals surface area contributed by atoms with Crippen LogP contribution in [-0.2, 0) is 0 Å². The summed E-state index contributed by atoms with van der Waals surface area (Å²) in [5, 5.41) is 7.97. The minimum Gasteiger partial charge on any atom is -0.311 e. The number of anilines is 3. The molecule has 7 aromatic carbocycles. The van der Waals surface area contributed by atoms with Gasteiger partial charge in [-0.1, -0.05) is 127 Å². The van der Waals surface area contributed by atoms with E-state index in [1.54, 1.807) is 0 Å². The number of hydrogen-bond donors (Lipinski definition) is 0. The van der Waals surface area contributed by atoms with E-state index in [1.807, 2.05) is 12.3 Å². The molecule has 51 heavy (non-hydrogen) atoms. The highest BCUT2D eigenvalue weighted by Gasteiger charge is 2.18. The highest BCUT2D eigenvalue weighted by Crippen LogP contribution is 2.41. The zero-order chi connectivity index (χ0) is 33.7. The van der Waals surface area contributed by atoms with Gasteiger partial charge in [-0.25, -0.2) is 9.97 Å². The second-order valence-electron chi connectivity index (χ2n) is 12.8. The topological polar surface area (TPSA) is 41.9 Å². The third-order valence-electron chi connectivity index (χ3n) is 9.85. The molecule has 10 rings (SSSR count). The minimum atomic E-state index is 0.876. The zero-order valence-electron chi connectivity index (χ0n) is 27.6. The minimum absolute atomic E-state index is 0.876. The monoisotopic (exact) mass is 650 g/mol. The predicted molar refractivity (Wildman–Crippen MR) is 213 cm³/mol. The second kappa shape index (κ2) is 11.9. The van der Waals surface area contributed by atoms with Gasteiger partial charge in [-0.3, -0.25) is 4.98 Å². The first-order chi connectivity index (χ1) is 25.3. The number of benzene rings is 7. The normalized spacial score (nSPS) is 11.5. The van der Waals surface area contributed by atoms with Crippen LogP contribution in [0.2, 0.25) is 0 Å². The first-order valence-electron chi connectivity index (χ1n) is 17.2. The zero-order valence-corrected chi connectivity index (χ0v) is 27.6. The molecule has 0 aliphatic rings. The Morgan fingerprint density at radius 1 is 0.373 bits per heavy atom. The van der Waals surface area contributed by atoms with Crippen molar-refractivity contribution in [1.82, 2.24) is 15.0 Å². The van der Waals surface area contributed by atoms with E-state index in [0.717, 1.165) is 77.7 Å². The third-order valence-corrected chi connectivity index (χ3v) is 9.85. The number of fused-ring (bicyclic) bond motifs is 8. The van der Waals surface area contributed by atoms with Crippen molar-refractivity contribution < 1.29 is 0 Å². The maximum Gasteiger partial charge on any atom is 0.0972 e. The Balaban J connectivity index is 1.20. The van der Waals surface area contributed by atoms with Crippen molar-refractivity contribution >= 4 is 71.3 Å². The van der Waals surface area contributed by atoms with Crippen LogP contribution in [0.25, 0.3) is 76.8 Å². The van der Waals surface area contributed by atoms with Crippen molar-refractivity contribution in [2.24, 2.45) is 0 Å². The van der Waals surface area contributed by atoms with Gasteiger partial charge >= 0.3 is 0 Å². The lowest BCUT2D eigenvalue weighted by Gasteiger charge is -2.25. The number of hydrogen-bond acceptors (Lipinski definition) is 4. The molecule has 238 valence electrons. The summed E-state index contributed by atoms with van der Waals surface area (Å²) in [6.45, 7) is 0. The highest BCUT2D eigenvalue weighted by atomic mass is 15.1. The molecule has 0 N–H and O–H groups in total. The van der Waals surface area contributed by atoms with E-state index in [9.17, 15) is 0 Å². The van der Waals surface area contributed by atoms with E-state index >= 15 is 0 Å². The SMILES string of the molecule is c1ccc(N(c2ccccc2)c2ccc(-c3nc4c(-c5ccc6ccc7cccnc7c6n5)cccc4c4c3ccc3ccccc34)cc2)cc1. The van der Waals surface area contributed by atoms with Crippen molar-refractivity contribution in [3.05, 3.63) is 182 Å². The van der Waals surface area contributed by atoms with Crippen LogP contribution in [0.5, 0.6) is 0 Å². The largest absolute Gasteiger partial charge is 0.311 e. The molecule has 0 spiro atoms. The van der Waals surface area contributed by atoms with Crippen LogP contribution in [-0.4, -0.2) is 15.0 Å². The van der Waals surface area contributed by atoms with Gasteiger partial charge in [-0.2, -0.15) is 0 Å². The van der Waals surface area contributed by atoms with Gasteiger partial charge < -0.3 is 4.90 Å². The molecule has 0 atom stereocenters. The lowest BCUT2D eigenvalue weighted by molar-refractivity contribution is 1.28. The van der Waals surface area contributed by atoms with Crippen molar-refractivity contribution in [2.45, 2.75) is 0 Å². The lowest BCUT2D eigenvalue weighted by Crippen LogP contribution is -2.09. The maximum atomic E-state index is 5.52. The van der Waals surface area contributed by atoms with E-state index in [2.05, 4.69) is 175 Å². The second-order valence-corrected chi connectivity index (χ2v) is 12.8. The molecule has 0 unspecified atom stereocenters. The average molecular weight is 651 g/mol. The summed E-state index contributed by atoms with van der Waals surface area (Å²) in [6.07, 6.45) is 1.84. The van der Waals surface area contributed by atoms with Gasteiger partial charge in [0.05, 0.1) is 27.9 Å². The van der Waals surface area contributed by atoms with E-state index < -0.39 is 0 Å². The lowest BCUT2D eigenvalue weighted by atomic mass is 9.93. The number of rotatable bonds is 5. The molecule has 3 aromatic heterocycles. The van der Waals surface area contributed by atoms with Gasteiger partial charge in [0.2, 0.25) is 0 Å². The molecule has 0 aliphatic carbocycles. The van der Waals surface area contributed by atoms with Gasteiger partial charge in [0.15, 0.2) is 0 Å². The molecule has 4 heteroatoms. The Labute approximate surface area is 294 Å². The van der Waals surface area contributed by atoms with Gasteiger partial charge in [-0.15, -0.1) is 0 Å². The fourth-order valence-corrected chi connectivity index (χ4v) is 7.47. The smallest absolute Gasteiger partial charge is 0.0972 e. The Morgan fingerprint density at radius 3 is 1.78 bits per heavy atom. The number of nitrogens with zero attached hydrogens (tertiary/aromatic N) is 4. The quantitative estimate of drug-likeness (QED) is 0.174. The van der Waals surface area contributed by atoms with Crippen molar-refractivity contribution in [3.63, 3.8) is 0 Å².